The first-order valence-corrected chi connectivity index (χ1v) is 10.6. The van der Waals surface area contributed by atoms with Gasteiger partial charge in [-0.15, -0.1) is 0 Å². The van der Waals surface area contributed by atoms with E-state index in [0.29, 0.717) is 25.9 Å². The largest absolute Gasteiger partial charge is 0.480 e. The molecule has 1 N–H and O–H groups in total. The summed E-state index contributed by atoms with van der Waals surface area (Å²) in [6, 6.07) is -0.205. The van der Waals surface area contributed by atoms with E-state index < -0.39 is 16.0 Å². The number of carboxylic acid groups (broad SMARTS) is 1. The van der Waals surface area contributed by atoms with Crippen LogP contribution >= 0.6 is 11.8 Å². The van der Waals surface area contributed by atoms with Crippen molar-refractivity contribution in [1.29, 1.82) is 0 Å². The van der Waals surface area contributed by atoms with E-state index in [4.69, 9.17) is 5.11 Å². The Labute approximate surface area is 142 Å². The summed E-state index contributed by atoms with van der Waals surface area (Å²) < 4.78 is 25.2. The lowest BCUT2D eigenvalue weighted by Crippen LogP contribution is -2.51. The van der Waals surface area contributed by atoms with E-state index in [-0.39, 0.29) is 30.0 Å². The molecule has 0 spiro atoms. The summed E-state index contributed by atoms with van der Waals surface area (Å²) in [6.45, 7) is 3.98. The molecule has 0 bridgehead atoms. The molecule has 0 saturated carbocycles. The number of hydrogen-bond donors (Lipinski definition) is 1. The molecule has 1 fully saturated rings. The van der Waals surface area contributed by atoms with Gasteiger partial charge in [-0.05, 0) is 31.9 Å². The van der Waals surface area contributed by atoms with Gasteiger partial charge in [-0.25, -0.2) is 12.7 Å². The minimum Gasteiger partial charge on any atom is -0.480 e. The fraction of sp³-hybridized carbons (Fsp3) is 0.857. The van der Waals surface area contributed by atoms with E-state index >= 15 is 0 Å². The average Bonchev–Trinajstić information content (AvgIpc) is 2.52. The maximum Gasteiger partial charge on any atom is 0.323 e. The Morgan fingerprint density at radius 3 is 2.35 bits per heavy atom. The van der Waals surface area contributed by atoms with Crippen LogP contribution < -0.4 is 0 Å². The molecule has 23 heavy (non-hydrogen) atoms. The van der Waals surface area contributed by atoms with Crippen LogP contribution in [0.5, 0.6) is 0 Å². The maximum absolute atomic E-state index is 12.3. The molecule has 0 atom stereocenters. The molecule has 1 aliphatic rings. The van der Waals surface area contributed by atoms with Crippen molar-refractivity contribution in [1.82, 2.24) is 9.21 Å². The second-order valence-electron chi connectivity index (χ2n) is 5.50. The second-order valence-corrected chi connectivity index (χ2v) is 8.86. The van der Waals surface area contributed by atoms with Gasteiger partial charge in [0.25, 0.3) is 0 Å². The Hall–Kier alpha value is -0.800. The number of piperidine rings is 1. The standard InChI is InChI=1S/C14H26N2O5S2/c1-3-9-22-11-13(17)16(10-14(18)19)12-5-7-15(8-6-12)23(20,21)4-2/h12H,3-11H2,1-2H3,(H,18,19). The van der Waals surface area contributed by atoms with Crippen molar-refractivity contribution >= 4 is 33.7 Å². The second kappa shape index (κ2) is 9.48. The normalized spacial score (nSPS) is 17.1. The number of nitrogens with zero attached hydrogens (tertiary/aromatic N) is 2. The number of hydrogen-bond acceptors (Lipinski definition) is 5. The van der Waals surface area contributed by atoms with Crippen LogP contribution in [-0.4, -0.2) is 77.5 Å². The van der Waals surface area contributed by atoms with E-state index in [1.54, 1.807) is 6.92 Å². The summed E-state index contributed by atoms with van der Waals surface area (Å²) in [5.41, 5.74) is 0. The summed E-state index contributed by atoms with van der Waals surface area (Å²) in [5, 5.41) is 9.05. The smallest absolute Gasteiger partial charge is 0.323 e. The highest BCUT2D eigenvalue weighted by molar-refractivity contribution is 7.99. The molecule has 0 unspecified atom stereocenters. The molecule has 0 aliphatic carbocycles. The quantitative estimate of drug-likeness (QED) is 0.608. The van der Waals surface area contributed by atoms with Gasteiger partial charge in [-0.3, -0.25) is 9.59 Å². The summed E-state index contributed by atoms with van der Waals surface area (Å²) in [7, 11) is -3.22. The molecule has 0 aromatic carbocycles. The van der Waals surface area contributed by atoms with Crippen molar-refractivity contribution in [3.8, 4) is 0 Å². The lowest BCUT2D eigenvalue weighted by atomic mass is 10.0. The first kappa shape index (κ1) is 20.2. The molecule has 0 radical (unpaired) electrons. The molecule has 1 heterocycles. The van der Waals surface area contributed by atoms with Crippen LogP contribution in [0.1, 0.15) is 33.1 Å². The molecule has 0 aromatic heterocycles. The van der Waals surface area contributed by atoms with E-state index in [2.05, 4.69) is 0 Å². The topological polar surface area (TPSA) is 95.0 Å². The zero-order valence-electron chi connectivity index (χ0n) is 13.7. The highest BCUT2D eigenvalue weighted by Gasteiger charge is 2.32. The molecule has 1 saturated heterocycles. The van der Waals surface area contributed by atoms with Crippen molar-refractivity contribution < 1.29 is 23.1 Å². The van der Waals surface area contributed by atoms with Crippen molar-refractivity contribution in [3.63, 3.8) is 0 Å². The Kier molecular flexibility index (Phi) is 8.35. The Morgan fingerprint density at radius 1 is 1.26 bits per heavy atom. The third-order valence-electron chi connectivity index (χ3n) is 3.82. The number of aliphatic carboxylic acids is 1. The van der Waals surface area contributed by atoms with Crippen LogP contribution in [0, 0.1) is 0 Å². The molecule has 1 amide bonds. The minimum atomic E-state index is -3.22. The Morgan fingerprint density at radius 2 is 1.87 bits per heavy atom. The van der Waals surface area contributed by atoms with Gasteiger partial charge in [-0.2, -0.15) is 11.8 Å². The first-order chi connectivity index (χ1) is 10.8. The van der Waals surface area contributed by atoms with E-state index in [1.807, 2.05) is 6.92 Å². The zero-order chi connectivity index (χ0) is 17.5. The predicted molar refractivity (Wildman–Crippen MR) is 91.0 cm³/mol. The van der Waals surface area contributed by atoms with Crippen LogP contribution in [0.4, 0.5) is 0 Å². The van der Waals surface area contributed by atoms with Gasteiger partial charge >= 0.3 is 5.97 Å². The fourth-order valence-corrected chi connectivity index (χ4v) is 4.47. The van der Waals surface area contributed by atoms with Crippen LogP contribution in [0.2, 0.25) is 0 Å². The monoisotopic (exact) mass is 366 g/mol. The number of carbonyl (C=O) groups is 2. The van der Waals surface area contributed by atoms with Gasteiger partial charge in [0, 0.05) is 19.1 Å². The van der Waals surface area contributed by atoms with Crippen molar-refractivity contribution in [2.75, 3.05) is 36.9 Å². The van der Waals surface area contributed by atoms with Gasteiger partial charge in [-0.1, -0.05) is 6.92 Å². The van der Waals surface area contributed by atoms with Gasteiger partial charge in [0.05, 0.1) is 11.5 Å². The van der Waals surface area contributed by atoms with Crippen LogP contribution in [0.3, 0.4) is 0 Å². The number of carboxylic acids is 1. The Bertz CT molecular complexity index is 501. The van der Waals surface area contributed by atoms with Gasteiger partial charge < -0.3 is 10.0 Å². The maximum atomic E-state index is 12.3. The zero-order valence-corrected chi connectivity index (χ0v) is 15.4. The molecule has 1 rings (SSSR count). The summed E-state index contributed by atoms with van der Waals surface area (Å²) in [6.07, 6.45) is 1.93. The van der Waals surface area contributed by atoms with Crippen LogP contribution in [-0.2, 0) is 19.6 Å². The molecule has 0 aromatic rings. The van der Waals surface area contributed by atoms with Gasteiger partial charge in [0.2, 0.25) is 15.9 Å². The highest BCUT2D eigenvalue weighted by Crippen LogP contribution is 2.20. The molecule has 1 aliphatic heterocycles. The molecule has 9 heteroatoms. The third-order valence-corrected chi connectivity index (χ3v) is 6.85. The molecule has 134 valence electrons. The average molecular weight is 367 g/mol. The van der Waals surface area contributed by atoms with E-state index in [0.717, 1.165) is 12.2 Å². The molecular weight excluding hydrogens is 340 g/mol. The summed E-state index contributed by atoms with van der Waals surface area (Å²) in [4.78, 5) is 24.8. The summed E-state index contributed by atoms with van der Waals surface area (Å²) in [5.74, 6) is -0.0255. The van der Waals surface area contributed by atoms with E-state index in [1.165, 1.54) is 21.0 Å². The van der Waals surface area contributed by atoms with Crippen LogP contribution in [0.15, 0.2) is 0 Å². The number of carbonyl (C=O) groups excluding carboxylic acids is 1. The van der Waals surface area contributed by atoms with Crippen molar-refractivity contribution in [2.45, 2.75) is 39.2 Å². The van der Waals surface area contributed by atoms with Crippen molar-refractivity contribution in [2.24, 2.45) is 0 Å². The first-order valence-electron chi connectivity index (χ1n) is 7.88. The predicted octanol–water partition coefficient (Wildman–Crippen LogP) is 0.857. The van der Waals surface area contributed by atoms with E-state index in [9.17, 15) is 18.0 Å². The molecular formula is C14H26N2O5S2. The lowest BCUT2D eigenvalue weighted by molar-refractivity contribution is -0.145. The van der Waals surface area contributed by atoms with Gasteiger partial charge in [0.1, 0.15) is 6.54 Å². The highest BCUT2D eigenvalue weighted by atomic mass is 32.2. The van der Waals surface area contributed by atoms with Crippen molar-refractivity contribution in [3.05, 3.63) is 0 Å². The lowest BCUT2D eigenvalue weighted by Gasteiger charge is -2.37. The SMILES string of the molecule is CCCSCC(=O)N(CC(=O)O)C1CCN(S(=O)(=O)CC)CC1. The number of amides is 1. The van der Waals surface area contributed by atoms with Crippen LogP contribution in [0.25, 0.3) is 0 Å². The fourth-order valence-electron chi connectivity index (χ4n) is 2.57. The molecule has 7 nitrogen and oxygen atoms in total. The number of sulfonamides is 1. The number of thioether (sulfide) groups is 1. The third kappa shape index (κ3) is 6.31. The summed E-state index contributed by atoms with van der Waals surface area (Å²) >= 11 is 1.50. The number of rotatable bonds is 9. The van der Waals surface area contributed by atoms with Gasteiger partial charge in [0.15, 0.2) is 0 Å². The minimum absolute atomic E-state index is 0.0586. The Balaban J connectivity index is 2.67.